The Morgan fingerprint density at radius 1 is 1.05 bits per heavy atom. The Labute approximate surface area is 228 Å². The average Bonchev–Trinajstić information content (AvgIpc) is 2.92. The summed E-state index contributed by atoms with van der Waals surface area (Å²) in [6.07, 6.45) is 2.14. The maximum Gasteiger partial charge on any atom is 0.250 e. The molecule has 2 aromatic carbocycles. The van der Waals surface area contributed by atoms with E-state index in [2.05, 4.69) is 71.5 Å². The molecule has 1 unspecified atom stereocenters. The van der Waals surface area contributed by atoms with Gasteiger partial charge in [0.2, 0.25) is 5.56 Å². The SMILES string of the molecule is CC.CCCC(Nc1ccc2c(c1)Sc1cccc(-c3cc(N4CCOCC4)cc(=O)[nH]3)c1S2)[C@H](C)N. The fraction of sp³-hybridized carbons (Fsp3) is 0.414. The number of benzene rings is 2. The molecule has 0 bridgehead atoms. The van der Waals surface area contributed by atoms with Crippen LogP contribution in [-0.4, -0.2) is 43.4 Å². The number of ether oxygens (including phenoxy) is 1. The van der Waals surface area contributed by atoms with Gasteiger partial charge in [0.15, 0.2) is 0 Å². The van der Waals surface area contributed by atoms with Crippen LogP contribution in [0, 0.1) is 0 Å². The summed E-state index contributed by atoms with van der Waals surface area (Å²) in [5, 5.41) is 3.63. The summed E-state index contributed by atoms with van der Waals surface area (Å²) in [6, 6.07) is 17.0. The second-order valence-electron chi connectivity index (χ2n) is 9.11. The van der Waals surface area contributed by atoms with Gasteiger partial charge in [0, 0.05) is 67.8 Å². The zero-order chi connectivity index (χ0) is 26.4. The predicted octanol–water partition coefficient (Wildman–Crippen LogP) is 6.45. The molecule has 0 aliphatic carbocycles. The van der Waals surface area contributed by atoms with Crippen molar-refractivity contribution in [3.63, 3.8) is 0 Å². The lowest BCUT2D eigenvalue weighted by atomic mass is 10.1. The highest BCUT2D eigenvalue weighted by Crippen LogP contribution is 2.52. The van der Waals surface area contributed by atoms with Crippen LogP contribution in [0.1, 0.15) is 40.5 Å². The molecule has 2 aliphatic rings. The van der Waals surface area contributed by atoms with Crippen molar-refractivity contribution in [1.29, 1.82) is 0 Å². The molecule has 2 atom stereocenters. The van der Waals surface area contributed by atoms with Crippen LogP contribution < -0.4 is 21.5 Å². The number of aromatic nitrogens is 1. The summed E-state index contributed by atoms with van der Waals surface area (Å²) >= 11 is 3.55. The Balaban J connectivity index is 0.00000156. The minimum atomic E-state index is -0.0815. The number of aromatic amines is 1. The van der Waals surface area contributed by atoms with Gasteiger partial charge in [-0.05, 0) is 43.7 Å². The van der Waals surface area contributed by atoms with Crippen LogP contribution >= 0.6 is 23.5 Å². The molecule has 2 aliphatic heterocycles. The summed E-state index contributed by atoms with van der Waals surface area (Å²) in [4.78, 5) is 22.7. The predicted molar refractivity (Wildman–Crippen MR) is 158 cm³/mol. The van der Waals surface area contributed by atoms with Gasteiger partial charge in [-0.1, -0.05) is 62.8 Å². The van der Waals surface area contributed by atoms with Crippen LogP contribution in [0.4, 0.5) is 11.4 Å². The summed E-state index contributed by atoms with van der Waals surface area (Å²) in [5.41, 5.74) is 10.1. The number of rotatable bonds is 7. The molecule has 37 heavy (non-hydrogen) atoms. The second kappa shape index (κ2) is 12.9. The molecule has 0 saturated carbocycles. The Bertz CT molecular complexity index is 1250. The van der Waals surface area contributed by atoms with E-state index in [9.17, 15) is 4.79 Å². The molecule has 1 saturated heterocycles. The molecule has 0 radical (unpaired) electrons. The van der Waals surface area contributed by atoms with E-state index in [4.69, 9.17) is 10.5 Å². The third-order valence-electron chi connectivity index (χ3n) is 6.44. The molecule has 1 aromatic heterocycles. The Morgan fingerprint density at radius 3 is 2.57 bits per heavy atom. The van der Waals surface area contributed by atoms with Crippen molar-refractivity contribution in [2.75, 3.05) is 36.5 Å². The minimum Gasteiger partial charge on any atom is -0.381 e. The van der Waals surface area contributed by atoms with Gasteiger partial charge < -0.3 is 25.7 Å². The summed E-state index contributed by atoms with van der Waals surface area (Å²) in [5.74, 6) is 0. The standard InChI is InChI=1S/C27H32N4O2S2.C2H6/c1-3-5-21(17(2)28)29-18-8-9-23-25(14-18)34-24-7-4-6-20(27(24)35-23)22-15-19(16-26(32)30-22)31-10-12-33-13-11-31;1-2/h4,6-9,14-17,21,29H,3,5,10-13,28H2,1-2H3,(H,30,32);1-2H3/t17-,21?;/m0./s1. The highest BCUT2D eigenvalue weighted by Gasteiger charge is 2.23. The van der Waals surface area contributed by atoms with Crippen molar-refractivity contribution >= 4 is 34.9 Å². The molecule has 0 amide bonds. The minimum absolute atomic E-state index is 0.0815. The number of H-pyrrole nitrogens is 1. The molecule has 5 rings (SSSR count). The maximum atomic E-state index is 12.6. The summed E-state index contributed by atoms with van der Waals surface area (Å²) in [7, 11) is 0. The van der Waals surface area contributed by atoms with Crippen molar-refractivity contribution in [3.05, 3.63) is 58.9 Å². The topological polar surface area (TPSA) is 83.4 Å². The van der Waals surface area contributed by atoms with Crippen molar-refractivity contribution in [1.82, 2.24) is 4.98 Å². The molecule has 198 valence electrons. The molecular weight excluding hydrogens is 500 g/mol. The Kier molecular flexibility index (Phi) is 9.65. The fourth-order valence-electron chi connectivity index (χ4n) is 4.57. The number of nitrogens with two attached hydrogens (primary N) is 1. The number of nitrogens with one attached hydrogen (secondary N) is 2. The van der Waals surface area contributed by atoms with E-state index in [1.165, 1.54) is 19.6 Å². The number of anilines is 2. The zero-order valence-electron chi connectivity index (χ0n) is 22.2. The largest absolute Gasteiger partial charge is 0.381 e. The van der Waals surface area contributed by atoms with Gasteiger partial charge in [0.25, 0.3) is 0 Å². The first-order valence-corrected chi connectivity index (χ1v) is 14.9. The lowest BCUT2D eigenvalue weighted by molar-refractivity contribution is 0.122. The van der Waals surface area contributed by atoms with Crippen molar-refractivity contribution in [2.45, 2.75) is 72.2 Å². The first kappa shape index (κ1) is 27.6. The smallest absolute Gasteiger partial charge is 0.250 e. The fourth-order valence-corrected chi connectivity index (χ4v) is 6.99. The van der Waals surface area contributed by atoms with Gasteiger partial charge in [0.05, 0.1) is 18.9 Å². The highest BCUT2D eigenvalue weighted by molar-refractivity contribution is 8.05. The molecule has 0 spiro atoms. The van der Waals surface area contributed by atoms with E-state index in [0.29, 0.717) is 13.2 Å². The zero-order valence-corrected chi connectivity index (χ0v) is 23.8. The summed E-state index contributed by atoms with van der Waals surface area (Å²) < 4.78 is 5.48. The monoisotopic (exact) mass is 538 g/mol. The number of hydrogen-bond acceptors (Lipinski definition) is 7. The number of fused-ring (bicyclic) bond motifs is 2. The van der Waals surface area contributed by atoms with Crippen LogP contribution in [-0.2, 0) is 4.74 Å². The van der Waals surface area contributed by atoms with E-state index < -0.39 is 0 Å². The third kappa shape index (κ3) is 6.55. The van der Waals surface area contributed by atoms with Gasteiger partial charge in [-0.2, -0.15) is 0 Å². The molecule has 6 nitrogen and oxygen atoms in total. The van der Waals surface area contributed by atoms with Gasteiger partial charge in [-0.15, -0.1) is 0 Å². The number of hydrogen-bond donors (Lipinski definition) is 3. The molecule has 3 aromatic rings. The number of morpholine rings is 1. The van der Waals surface area contributed by atoms with Crippen LogP contribution in [0.5, 0.6) is 0 Å². The van der Waals surface area contributed by atoms with E-state index in [1.807, 2.05) is 13.8 Å². The van der Waals surface area contributed by atoms with Crippen LogP contribution in [0.2, 0.25) is 0 Å². The number of nitrogens with zero attached hydrogens (tertiary/aromatic N) is 1. The molecule has 3 heterocycles. The Hall–Kier alpha value is -2.39. The first-order chi connectivity index (χ1) is 18.0. The maximum absolute atomic E-state index is 12.6. The molecule has 4 N–H and O–H groups in total. The highest BCUT2D eigenvalue weighted by atomic mass is 32.2. The van der Waals surface area contributed by atoms with Crippen molar-refractivity contribution < 1.29 is 4.74 Å². The van der Waals surface area contributed by atoms with E-state index in [-0.39, 0.29) is 17.6 Å². The van der Waals surface area contributed by atoms with E-state index in [1.54, 1.807) is 29.6 Å². The van der Waals surface area contributed by atoms with E-state index in [0.717, 1.165) is 48.6 Å². The van der Waals surface area contributed by atoms with Crippen LogP contribution in [0.25, 0.3) is 11.3 Å². The lowest BCUT2D eigenvalue weighted by Gasteiger charge is -2.29. The van der Waals surface area contributed by atoms with Crippen molar-refractivity contribution in [2.24, 2.45) is 5.73 Å². The van der Waals surface area contributed by atoms with Crippen LogP contribution in [0.15, 0.2) is 72.9 Å². The normalized spacial score (nSPS) is 16.1. The van der Waals surface area contributed by atoms with Crippen molar-refractivity contribution in [3.8, 4) is 11.3 Å². The van der Waals surface area contributed by atoms with E-state index >= 15 is 0 Å². The van der Waals surface area contributed by atoms with Gasteiger partial charge >= 0.3 is 0 Å². The molecule has 8 heteroatoms. The van der Waals surface area contributed by atoms with Gasteiger partial charge in [-0.25, -0.2) is 0 Å². The quantitative estimate of drug-likeness (QED) is 0.249. The lowest BCUT2D eigenvalue weighted by Crippen LogP contribution is -2.37. The Morgan fingerprint density at radius 2 is 1.84 bits per heavy atom. The number of pyridine rings is 1. The van der Waals surface area contributed by atoms with Gasteiger partial charge in [0.1, 0.15) is 0 Å². The van der Waals surface area contributed by atoms with Crippen LogP contribution in [0.3, 0.4) is 0 Å². The average molecular weight is 539 g/mol. The summed E-state index contributed by atoms with van der Waals surface area (Å²) in [6.45, 7) is 11.2. The first-order valence-electron chi connectivity index (χ1n) is 13.2. The molecule has 1 fully saturated rings. The molecular formula is C29H38N4O2S2. The van der Waals surface area contributed by atoms with Gasteiger partial charge in [-0.3, -0.25) is 4.79 Å². The second-order valence-corrected chi connectivity index (χ2v) is 11.2. The third-order valence-corrected chi connectivity index (χ3v) is 9.03.